The van der Waals surface area contributed by atoms with Gasteiger partial charge in [-0.2, -0.15) is 0 Å². The van der Waals surface area contributed by atoms with E-state index in [1.165, 1.54) is 5.69 Å². The van der Waals surface area contributed by atoms with Gasteiger partial charge < -0.3 is 15.0 Å². The van der Waals surface area contributed by atoms with Crippen LogP contribution in [0.15, 0.2) is 65.3 Å². The Morgan fingerprint density at radius 1 is 1.08 bits per heavy atom. The van der Waals surface area contributed by atoms with E-state index in [1.807, 2.05) is 36.4 Å². The van der Waals surface area contributed by atoms with Crippen LogP contribution in [0.2, 0.25) is 0 Å². The minimum Gasteiger partial charge on any atom is -0.378 e. The highest BCUT2D eigenvalue weighted by Gasteiger charge is 2.11. The van der Waals surface area contributed by atoms with Gasteiger partial charge in [-0.15, -0.1) is 0 Å². The molecule has 0 aliphatic carbocycles. The number of carbonyl (C=O) groups is 1. The number of morpholine rings is 1. The number of rotatable bonds is 6. The van der Waals surface area contributed by atoms with Crippen LogP contribution in [0.3, 0.4) is 0 Å². The number of anilines is 2. The van der Waals surface area contributed by atoms with E-state index in [0.717, 1.165) is 36.5 Å². The fourth-order valence-corrected chi connectivity index (χ4v) is 3.02. The lowest BCUT2D eigenvalue weighted by atomic mass is 10.1. The summed E-state index contributed by atoms with van der Waals surface area (Å²) in [6, 6.07) is 15.6. The zero-order valence-electron chi connectivity index (χ0n) is 14.0. The summed E-state index contributed by atoms with van der Waals surface area (Å²) in [7, 11) is 0. The number of ether oxygens (including phenoxy) is 1. The Morgan fingerprint density at radius 2 is 1.72 bits per heavy atom. The van der Waals surface area contributed by atoms with Crippen LogP contribution in [0, 0.1) is 0 Å². The van der Waals surface area contributed by atoms with Crippen molar-refractivity contribution >= 4 is 33.1 Å². The van der Waals surface area contributed by atoms with Crippen LogP contribution in [0.1, 0.15) is 16.8 Å². The maximum absolute atomic E-state index is 12.3. The Labute approximate surface area is 156 Å². The first-order chi connectivity index (χ1) is 12.1. The number of allylic oxidation sites excluding steroid dienone is 1. The van der Waals surface area contributed by atoms with Gasteiger partial charge in [-0.05, 0) is 36.4 Å². The molecule has 2 aromatic carbocycles. The first-order valence-corrected chi connectivity index (χ1v) is 9.07. The highest BCUT2D eigenvalue weighted by Crippen LogP contribution is 2.21. The van der Waals surface area contributed by atoms with Gasteiger partial charge in [-0.1, -0.05) is 34.6 Å². The number of benzene rings is 2. The summed E-state index contributed by atoms with van der Waals surface area (Å²) in [6.45, 7) is 7.36. The molecule has 0 amide bonds. The van der Waals surface area contributed by atoms with E-state index in [1.54, 1.807) is 0 Å². The zero-order valence-corrected chi connectivity index (χ0v) is 15.6. The third-order valence-corrected chi connectivity index (χ3v) is 4.63. The number of hydrogen-bond donors (Lipinski definition) is 1. The number of nitrogens with one attached hydrogen (secondary N) is 1. The van der Waals surface area contributed by atoms with E-state index in [4.69, 9.17) is 4.74 Å². The van der Waals surface area contributed by atoms with Crippen LogP contribution in [0.4, 0.5) is 11.4 Å². The van der Waals surface area contributed by atoms with Crippen LogP contribution in [-0.2, 0) is 4.74 Å². The highest BCUT2D eigenvalue weighted by atomic mass is 79.9. The summed E-state index contributed by atoms with van der Waals surface area (Å²) < 4.78 is 6.34. The summed E-state index contributed by atoms with van der Waals surface area (Å²) in [5.41, 5.74) is 3.50. The maximum Gasteiger partial charge on any atom is 0.168 e. The van der Waals surface area contributed by atoms with Crippen molar-refractivity contribution < 1.29 is 9.53 Å². The molecule has 1 heterocycles. The Morgan fingerprint density at radius 3 is 2.36 bits per heavy atom. The molecule has 0 aromatic heterocycles. The molecule has 130 valence electrons. The second kappa shape index (κ2) is 8.32. The van der Waals surface area contributed by atoms with E-state index >= 15 is 0 Å². The van der Waals surface area contributed by atoms with Crippen molar-refractivity contribution in [3.63, 3.8) is 0 Å². The summed E-state index contributed by atoms with van der Waals surface area (Å²) in [5, 5.41) is 3.22. The Hall–Kier alpha value is -2.11. The van der Waals surface area contributed by atoms with Gasteiger partial charge in [0.15, 0.2) is 5.78 Å². The lowest BCUT2D eigenvalue weighted by Gasteiger charge is -2.29. The van der Waals surface area contributed by atoms with Crippen molar-refractivity contribution in [2.75, 3.05) is 36.5 Å². The normalized spacial score (nSPS) is 14.2. The van der Waals surface area contributed by atoms with E-state index < -0.39 is 0 Å². The SMILES string of the molecule is C=C(CC(=O)c1ccc(Br)cc1)Nc1ccc(N2CCOCC2)cc1. The number of carbonyl (C=O) groups excluding carboxylic acids is 1. The maximum atomic E-state index is 12.3. The minimum atomic E-state index is 0.0509. The van der Waals surface area contributed by atoms with Crippen LogP contribution in [-0.4, -0.2) is 32.1 Å². The average molecular weight is 401 g/mol. The van der Waals surface area contributed by atoms with Crippen molar-refractivity contribution in [1.29, 1.82) is 0 Å². The smallest absolute Gasteiger partial charge is 0.168 e. The summed E-state index contributed by atoms with van der Waals surface area (Å²) >= 11 is 3.37. The second-order valence-corrected chi connectivity index (χ2v) is 6.90. The van der Waals surface area contributed by atoms with Gasteiger partial charge in [0, 0.05) is 40.2 Å². The standard InChI is InChI=1S/C20H21BrN2O2/c1-15(14-20(24)16-2-4-17(21)5-3-16)22-18-6-8-19(9-7-18)23-10-12-25-13-11-23/h2-9,22H,1,10-14H2. The van der Waals surface area contributed by atoms with Crippen molar-refractivity contribution in [3.05, 3.63) is 70.8 Å². The molecule has 1 N–H and O–H groups in total. The minimum absolute atomic E-state index is 0.0509. The molecule has 0 spiro atoms. The van der Waals surface area contributed by atoms with Crippen LogP contribution >= 0.6 is 15.9 Å². The van der Waals surface area contributed by atoms with E-state index in [9.17, 15) is 4.79 Å². The van der Waals surface area contributed by atoms with Crippen LogP contribution < -0.4 is 10.2 Å². The van der Waals surface area contributed by atoms with Crippen molar-refractivity contribution in [1.82, 2.24) is 0 Å². The van der Waals surface area contributed by atoms with Gasteiger partial charge in [0.25, 0.3) is 0 Å². The molecule has 4 nitrogen and oxygen atoms in total. The monoisotopic (exact) mass is 400 g/mol. The number of halogens is 1. The molecule has 0 saturated carbocycles. The molecule has 2 aromatic rings. The molecule has 1 aliphatic rings. The van der Waals surface area contributed by atoms with Crippen molar-refractivity contribution in [2.24, 2.45) is 0 Å². The fraction of sp³-hybridized carbons (Fsp3) is 0.250. The molecule has 3 rings (SSSR count). The molecule has 1 fully saturated rings. The summed E-state index contributed by atoms with van der Waals surface area (Å²) in [6.07, 6.45) is 0.271. The summed E-state index contributed by atoms with van der Waals surface area (Å²) in [4.78, 5) is 14.6. The molecule has 0 unspecified atom stereocenters. The summed E-state index contributed by atoms with van der Waals surface area (Å²) in [5.74, 6) is 0.0509. The second-order valence-electron chi connectivity index (χ2n) is 5.98. The molecule has 1 aliphatic heterocycles. The van der Waals surface area contributed by atoms with E-state index in [0.29, 0.717) is 11.3 Å². The third-order valence-electron chi connectivity index (χ3n) is 4.10. The first-order valence-electron chi connectivity index (χ1n) is 8.28. The van der Waals surface area contributed by atoms with Gasteiger partial charge in [-0.25, -0.2) is 0 Å². The zero-order chi connectivity index (χ0) is 17.6. The van der Waals surface area contributed by atoms with E-state index in [2.05, 4.69) is 44.9 Å². The van der Waals surface area contributed by atoms with E-state index in [-0.39, 0.29) is 12.2 Å². The number of nitrogens with zero attached hydrogens (tertiary/aromatic N) is 1. The predicted octanol–water partition coefficient (Wildman–Crippen LogP) is 4.48. The molecule has 0 bridgehead atoms. The molecular formula is C20H21BrN2O2. The largest absolute Gasteiger partial charge is 0.378 e. The molecular weight excluding hydrogens is 380 g/mol. The van der Waals surface area contributed by atoms with Crippen molar-refractivity contribution in [2.45, 2.75) is 6.42 Å². The first kappa shape index (κ1) is 17.7. The highest BCUT2D eigenvalue weighted by molar-refractivity contribution is 9.10. The number of Topliss-reactive ketones (excluding diaryl/α,β-unsaturated/α-hetero) is 1. The van der Waals surface area contributed by atoms with Crippen LogP contribution in [0.5, 0.6) is 0 Å². The van der Waals surface area contributed by atoms with Gasteiger partial charge >= 0.3 is 0 Å². The fourth-order valence-electron chi connectivity index (χ4n) is 2.76. The topological polar surface area (TPSA) is 41.6 Å². The lowest BCUT2D eigenvalue weighted by molar-refractivity contribution is 0.0993. The molecule has 25 heavy (non-hydrogen) atoms. The van der Waals surface area contributed by atoms with Crippen LogP contribution in [0.25, 0.3) is 0 Å². The third kappa shape index (κ3) is 4.94. The Bertz CT molecular complexity index is 735. The Kier molecular flexibility index (Phi) is 5.89. The lowest BCUT2D eigenvalue weighted by Crippen LogP contribution is -2.36. The number of ketones is 1. The number of hydrogen-bond acceptors (Lipinski definition) is 4. The van der Waals surface area contributed by atoms with Gasteiger partial charge in [-0.3, -0.25) is 4.79 Å². The van der Waals surface area contributed by atoms with Gasteiger partial charge in [0.05, 0.1) is 19.6 Å². The molecule has 1 saturated heterocycles. The molecule has 0 atom stereocenters. The Balaban J connectivity index is 1.55. The van der Waals surface area contributed by atoms with Crippen molar-refractivity contribution in [3.8, 4) is 0 Å². The predicted molar refractivity (Wildman–Crippen MR) is 105 cm³/mol. The average Bonchev–Trinajstić information content (AvgIpc) is 2.63. The molecule has 5 heteroatoms. The van der Waals surface area contributed by atoms with Gasteiger partial charge in [0.2, 0.25) is 0 Å². The molecule has 0 radical (unpaired) electrons. The quantitative estimate of drug-likeness (QED) is 0.725. The van der Waals surface area contributed by atoms with Gasteiger partial charge in [0.1, 0.15) is 0 Å².